The zero-order chi connectivity index (χ0) is 34.2. The van der Waals surface area contributed by atoms with Gasteiger partial charge in [-0.15, -0.1) is 0 Å². The minimum absolute atomic E-state index is 0.00364. The molecule has 182 valence electrons. The van der Waals surface area contributed by atoms with E-state index in [-0.39, 0.29) is 67.9 Å². The summed E-state index contributed by atoms with van der Waals surface area (Å²) in [5.74, 6) is 0. The van der Waals surface area contributed by atoms with Gasteiger partial charge >= 0.3 is 0 Å². The molecule has 0 saturated heterocycles. The molecule has 0 atom stereocenters. The van der Waals surface area contributed by atoms with E-state index in [1.807, 2.05) is 54.6 Å². The van der Waals surface area contributed by atoms with Gasteiger partial charge in [-0.25, -0.2) is 0 Å². The van der Waals surface area contributed by atoms with E-state index in [1.165, 1.54) is 0 Å². The van der Waals surface area contributed by atoms with Crippen LogP contribution in [0.4, 0.5) is 0 Å². The summed E-state index contributed by atoms with van der Waals surface area (Å²) in [6.45, 7) is 0. The van der Waals surface area contributed by atoms with Crippen molar-refractivity contribution in [1.82, 2.24) is 4.57 Å². The van der Waals surface area contributed by atoms with Gasteiger partial charge in [0.05, 0.1) is 24.7 Å². The molecular weight excluding hydrogens is 478 g/mol. The summed E-state index contributed by atoms with van der Waals surface area (Å²) in [6.07, 6.45) is 0. The predicted molar refractivity (Wildman–Crippen MR) is 161 cm³/mol. The molecule has 9 aromatic rings. The first-order valence-corrected chi connectivity index (χ1v) is 12.4. The highest BCUT2D eigenvalue weighted by molar-refractivity contribution is 6.21. The number of nitrogens with zero attached hydrogens (tertiary/aromatic N) is 1. The third-order valence-electron chi connectivity index (χ3n) is 7.30. The second-order valence-electron chi connectivity index (χ2n) is 9.40. The Morgan fingerprint density at radius 3 is 2.18 bits per heavy atom. The lowest BCUT2D eigenvalue weighted by atomic mass is 10.0. The Morgan fingerprint density at radius 1 is 0.513 bits per heavy atom. The average molecular weight is 510 g/mol. The fourth-order valence-electron chi connectivity index (χ4n) is 5.53. The lowest BCUT2D eigenvalue weighted by molar-refractivity contribution is 0.669. The minimum Gasteiger partial charge on any atom is -0.456 e. The maximum Gasteiger partial charge on any atom is 0.160 e. The highest BCUT2D eigenvalue weighted by atomic mass is 16.3. The first-order chi connectivity index (χ1) is 23.5. The molecule has 0 amide bonds. The van der Waals surface area contributed by atoms with E-state index in [1.54, 1.807) is 16.7 Å². The van der Waals surface area contributed by atoms with Crippen LogP contribution in [0.1, 0.15) is 13.7 Å². The van der Waals surface area contributed by atoms with Gasteiger partial charge in [-0.3, -0.25) is 0 Å². The van der Waals surface area contributed by atoms with Crippen LogP contribution in [-0.2, 0) is 0 Å². The van der Waals surface area contributed by atoms with E-state index < -0.39 is 36.3 Å². The van der Waals surface area contributed by atoms with Crippen molar-refractivity contribution in [2.24, 2.45) is 0 Å². The molecule has 3 nitrogen and oxygen atoms in total. The molecule has 0 N–H and O–H groups in total. The van der Waals surface area contributed by atoms with E-state index >= 15 is 0 Å². The molecule has 0 spiro atoms. The number of fused-ring (bicyclic) bond motifs is 10. The minimum atomic E-state index is -0.511. The lowest BCUT2D eigenvalue weighted by Crippen LogP contribution is -1.94. The van der Waals surface area contributed by atoms with Crippen molar-refractivity contribution in [2.45, 2.75) is 0 Å². The van der Waals surface area contributed by atoms with Crippen LogP contribution >= 0.6 is 0 Å². The summed E-state index contributed by atoms with van der Waals surface area (Å²) >= 11 is 0. The summed E-state index contributed by atoms with van der Waals surface area (Å²) in [7, 11) is 0. The van der Waals surface area contributed by atoms with Gasteiger partial charge in [0, 0.05) is 38.0 Å². The van der Waals surface area contributed by atoms with Crippen LogP contribution in [0.15, 0.2) is 136 Å². The molecule has 0 fully saturated rings. The number of hydrogen-bond acceptors (Lipinski definition) is 2. The maximum atomic E-state index is 9.12. The van der Waals surface area contributed by atoms with Crippen molar-refractivity contribution in [2.75, 3.05) is 0 Å². The Hall–Kier alpha value is -5.28. The summed E-state index contributed by atoms with van der Waals surface area (Å²) in [4.78, 5) is 0. The highest BCUT2D eigenvalue weighted by Crippen LogP contribution is 2.40. The van der Waals surface area contributed by atoms with Crippen LogP contribution in [0.25, 0.3) is 82.5 Å². The highest BCUT2D eigenvalue weighted by Gasteiger charge is 2.18. The normalized spacial score (nSPS) is 15.7. The van der Waals surface area contributed by atoms with Gasteiger partial charge in [-0.1, -0.05) is 78.7 Å². The molecule has 0 saturated carbocycles. The second-order valence-corrected chi connectivity index (χ2v) is 9.40. The van der Waals surface area contributed by atoms with Crippen LogP contribution in [0, 0.1) is 0 Å². The monoisotopic (exact) mass is 509 g/mol. The first kappa shape index (κ1) is 13.5. The van der Waals surface area contributed by atoms with Crippen molar-refractivity contribution in [3.05, 3.63) is 127 Å². The number of hydrogen-bond donors (Lipinski definition) is 0. The fourth-order valence-corrected chi connectivity index (χ4v) is 5.53. The second kappa shape index (κ2) is 7.62. The Labute approximate surface area is 237 Å². The van der Waals surface area contributed by atoms with Gasteiger partial charge in [0.2, 0.25) is 0 Å². The Kier molecular flexibility index (Phi) is 2.64. The van der Waals surface area contributed by atoms with Crippen molar-refractivity contribution >= 4 is 65.7 Å². The molecular formula is C36H21NO2. The SMILES string of the molecule is [2H]c1c([2H])c([2H])c2c(oc3c2c([2H])c([2H])c2c4c([2H])c([2H])c([2H])c([2H])c4n(-c4ccc(-c5ccc6oc7ccccc7c6c5)cc4)c32)c1[2H]. The Bertz CT molecular complexity index is 2940. The molecule has 6 aromatic carbocycles. The third kappa shape index (κ3) is 2.87. The van der Waals surface area contributed by atoms with E-state index in [9.17, 15) is 0 Å². The van der Waals surface area contributed by atoms with Crippen molar-refractivity contribution in [1.29, 1.82) is 0 Å². The lowest BCUT2D eigenvalue weighted by Gasteiger charge is -2.10. The molecule has 39 heavy (non-hydrogen) atoms. The molecule has 0 unspecified atom stereocenters. The van der Waals surface area contributed by atoms with Gasteiger partial charge in [0.25, 0.3) is 0 Å². The first-order valence-electron chi connectivity index (χ1n) is 17.4. The van der Waals surface area contributed by atoms with Gasteiger partial charge in [-0.05, 0) is 59.6 Å². The van der Waals surface area contributed by atoms with Crippen molar-refractivity contribution in [3.63, 3.8) is 0 Å². The largest absolute Gasteiger partial charge is 0.456 e. The van der Waals surface area contributed by atoms with Crippen LogP contribution in [-0.4, -0.2) is 4.57 Å². The molecule has 3 heterocycles. The van der Waals surface area contributed by atoms with Crippen molar-refractivity contribution < 1.29 is 22.5 Å². The third-order valence-corrected chi connectivity index (χ3v) is 7.30. The van der Waals surface area contributed by atoms with E-state index in [0.717, 1.165) is 33.1 Å². The standard InChI is InChI=1S/C36H21NO2/c1-4-10-31-25(7-1)28-18-19-29-26-8-2-6-12-33(26)39-36(29)35(28)37(31)24-16-13-22(14-17-24)23-15-20-34-30(21-23)27-9-3-5-11-32(27)38-34/h1-21H/i1D,2D,4D,6D,7D,8D,10D,12D,18D,19D. The zero-order valence-corrected chi connectivity index (χ0v) is 20.1. The van der Waals surface area contributed by atoms with Crippen LogP contribution in [0.2, 0.25) is 0 Å². The van der Waals surface area contributed by atoms with E-state index in [2.05, 4.69) is 0 Å². The number of rotatable bonds is 2. The topological polar surface area (TPSA) is 31.2 Å². The van der Waals surface area contributed by atoms with Gasteiger partial charge in [0.15, 0.2) is 5.58 Å². The van der Waals surface area contributed by atoms with Gasteiger partial charge in [-0.2, -0.15) is 0 Å². The summed E-state index contributed by atoms with van der Waals surface area (Å²) < 4.78 is 100. The molecule has 0 aliphatic rings. The molecule has 0 bridgehead atoms. The van der Waals surface area contributed by atoms with Crippen molar-refractivity contribution in [3.8, 4) is 16.8 Å². The van der Waals surface area contributed by atoms with Crippen LogP contribution in [0.3, 0.4) is 0 Å². The molecule has 0 aliphatic heterocycles. The Balaban J connectivity index is 1.39. The summed E-state index contributed by atoms with van der Waals surface area (Å²) in [6, 6.07) is 16.7. The summed E-state index contributed by atoms with van der Waals surface area (Å²) in [5.41, 5.74) is 3.83. The molecule has 3 aromatic heterocycles. The van der Waals surface area contributed by atoms with E-state index in [0.29, 0.717) is 5.69 Å². The molecule has 9 rings (SSSR count). The molecule has 0 radical (unpaired) electrons. The van der Waals surface area contributed by atoms with E-state index in [4.69, 9.17) is 22.5 Å². The summed E-state index contributed by atoms with van der Waals surface area (Å²) in [5, 5.41) is 1.99. The zero-order valence-electron chi connectivity index (χ0n) is 30.1. The number of furan rings is 2. The molecule has 3 heteroatoms. The maximum absolute atomic E-state index is 9.12. The quantitative estimate of drug-likeness (QED) is 0.232. The smallest absolute Gasteiger partial charge is 0.160 e. The Morgan fingerprint density at radius 2 is 1.26 bits per heavy atom. The average Bonchev–Trinajstić information content (AvgIpc) is 3.80. The predicted octanol–water partition coefficient (Wildman–Crippen LogP) is 10.2. The fraction of sp³-hybridized carbons (Fsp3) is 0. The number of para-hydroxylation sites is 3. The van der Waals surface area contributed by atoms with Crippen LogP contribution in [0.5, 0.6) is 0 Å². The molecule has 0 aliphatic carbocycles. The number of aromatic nitrogens is 1. The van der Waals surface area contributed by atoms with Gasteiger partial charge < -0.3 is 13.4 Å². The number of benzene rings is 6. The van der Waals surface area contributed by atoms with Crippen LogP contribution < -0.4 is 0 Å². The van der Waals surface area contributed by atoms with Gasteiger partial charge in [0.1, 0.15) is 16.7 Å².